The standard InChI is InChI=1S/C31H33NO2/c1-21(22-11-5-2-6-12-22)32-31(34)26-19-17-25(18-20-26)30(33)29-27(23-13-7-3-8-14-23)28(29)24-15-9-4-10-16-24/h3-4,7-10,13-22,27-29H,2,5-6,11-12H2,1H3,(H,32,34)/t21-,27-,28-/m1/s1. The van der Waals surface area contributed by atoms with Crippen molar-refractivity contribution < 1.29 is 9.59 Å². The molecule has 2 aliphatic rings. The molecule has 3 heteroatoms. The van der Waals surface area contributed by atoms with Crippen molar-refractivity contribution in [1.29, 1.82) is 0 Å². The zero-order valence-corrected chi connectivity index (χ0v) is 19.8. The van der Waals surface area contributed by atoms with E-state index in [1.54, 1.807) is 12.1 Å². The van der Waals surface area contributed by atoms with Crippen molar-refractivity contribution in [3.8, 4) is 0 Å². The summed E-state index contributed by atoms with van der Waals surface area (Å²) < 4.78 is 0. The van der Waals surface area contributed by atoms with Crippen molar-refractivity contribution in [2.24, 2.45) is 11.8 Å². The molecule has 3 atom stereocenters. The lowest BCUT2D eigenvalue weighted by Gasteiger charge is -2.28. The first-order valence-electron chi connectivity index (χ1n) is 12.7. The van der Waals surface area contributed by atoms with E-state index in [1.807, 2.05) is 48.5 Å². The Bertz CT molecular complexity index is 1070. The van der Waals surface area contributed by atoms with Crippen LogP contribution in [-0.4, -0.2) is 17.7 Å². The van der Waals surface area contributed by atoms with Gasteiger partial charge in [0.05, 0.1) is 0 Å². The zero-order chi connectivity index (χ0) is 23.5. The number of carbonyl (C=O) groups excluding carboxylic acids is 2. The summed E-state index contributed by atoms with van der Waals surface area (Å²) in [5, 5.41) is 3.18. The van der Waals surface area contributed by atoms with Gasteiger partial charge in [-0.15, -0.1) is 0 Å². The van der Waals surface area contributed by atoms with Gasteiger partial charge in [0.25, 0.3) is 5.91 Å². The van der Waals surface area contributed by atoms with Crippen LogP contribution in [0.1, 0.15) is 82.7 Å². The Morgan fingerprint density at radius 3 is 1.74 bits per heavy atom. The molecule has 3 nitrogen and oxygen atoms in total. The molecule has 1 amide bonds. The number of Topliss-reactive ketones (excluding diaryl/α,β-unsaturated/α-hetero) is 1. The number of rotatable bonds is 7. The molecule has 0 bridgehead atoms. The third kappa shape index (κ3) is 4.70. The Kier molecular flexibility index (Phi) is 6.62. The summed E-state index contributed by atoms with van der Waals surface area (Å²) in [6, 6.07) is 28.1. The van der Waals surface area contributed by atoms with Crippen molar-refractivity contribution in [1.82, 2.24) is 5.32 Å². The number of amides is 1. The highest BCUT2D eigenvalue weighted by atomic mass is 16.1. The van der Waals surface area contributed by atoms with Crippen molar-refractivity contribution in [2.45, 2.75) is 56.9 Å². The molecule has 1 N–H and O–H groups in total. The zero-order valence-electron chi connectivity index (χ0n) is 19.8. The minimum atomic E-state index is -0.0733. The molecule has 2 saturated carbocycles. The molecule has 34 heavy (non-hydrogen) atoms. The average Bonchev–Trinajstić information content (AvgIpc) is 3.65. The van der Waals surface area contributed by atoms with Crippen molar-refractivity contribution >= 4 is 11.7 Å². The number of nitrogens with one attached hydrogen (secondary N) is 1. The van der Waals surface area contributed by atoms with Gasteiger partial charge in [-0.05, 0) is 48.9 Å². The molecule has 0 saturated heterocycles. The predicted octanol–water partition coefficient (Wildman–Crippen LogP) is 6.77. The molecule has 0 unspecified atom stereocenters. The van der Waals surface area contributed by atoms with Gasteiger partial charge in [-0.2, -0.15) is 0 Å². The first kappa shape index (κ1) is 22.6. The average molecular weight is 452 g/mol. The number of benzene rings is 3. The highest BCUT2D eigenvalue weighted by Crippen LogP contribution is 2.61. The molecule has 0 aromatic heterocycles. The molecule has 0 spiro atoms. The van der Waals surface area contributed by atoms with Crippen LogP contribution in [0.15, 0.2) is 84.9 Å². The van der Waals surface area contributed by atoms with Crippen LogP contribution >= 0.6 is 0 Å². The third-order valence-electron chi connectivity index (χ3n) is 7.84. The fourth-order valence-electron chi connectivity index (χ4n) is 5.84. The van der Waals surface area contributed by atoms with E-state index in [0.717, 1.165) is 0 Å². The first-order chi connectivity index (χ1) is 16.6. The summed E-state index contributed by atoms with van der Waals surface area (Å²) in [6.07, 6.45) is 6.22. The Balaban J connectivity index is 1.29. The van der Waals surface area contributed by atoms with Gasteiger partial charge >= 0.3 is 0 Å². The molecule has 2 fully saturated rings. The normalized spacial score (nSPS) is 23.1. The lowest BCUT2D eigenvalue weighted by atomic mass is 9.84. The maximum Gasteiger partial charge on any atom is 0.251 e. The van der Waals surface area contributed by atoms with Crippen molar-refractivity contribution in [3.63, 3.8) is 0 Å². The van der Waals surface area contributed by atoms with E-state index in [9.17, 15) is 9.59 Å². The van der Waals surface area contributed by atoms with Crippen LogP contribution in [0, 0.1) is 11.8 Å². The first-order valence-corrected chi connectivity index (χ1v) is 12.7. The van der Waals surface area contributed by atoms with Crippen LogP contribution in [-0.2, 0) is 0 Å². The second-order valence-electron chi connectivity index (χ2n) is 10.0. The van der Waals surface area contributed by atoms with Gasteiger partial charge in [-0.3, -0.25) is 9.59 Å². The molecular weight excluding hydrogens is 418 g/mol. The molecule has 5 rings (SSSR count). The van der Waals surface area contributed by atoms with Crippen LogP contribution in [0.3, 0.4) is 0 Å². The highest BCUT2D eigenvalue weighted by molar-refractivity contribution is 6.03. The summed E-state index contributed by atoms with van der Waals surface area (Å²) in [5.41, 5.74) is 3.72. The smallest absolute Gasteiger partial charge is 0.251 e. The van der Waals surface area contributed by atoms with E-state index in [-0.39, 0.29) is 35.5 Å². The predicted molar refractivity (Wildman–Crippen MR) is 136 cm³/mol. The van der Waals surface area contributed by atoms with Crippen molar-refractivity contribution in [2.75, 3.05) is 0 Å². The number of hydrogen-bond acceptors (Lipinski definition) is 2. The molecule has 3 aromatic rings. The fraction of sp³-hybridized carbons (Fsp3) is 0.355. The van der Waals surface area contributed by atoms with Crippen LogP contribution in [0.25, 0.3) is 0 Å². The molecule has 174 valence electrons. The monoisotopic (exact) mass is 451 g/mol. The van der Waals surface area contributed by atoms with Crippen LogP contribution in [0.4, 0.5) is 0 Å². The maximum atomic E-state index is 13.5. The summed E-state index contributed by atoms with van der Waals surface area (Å²) in [5.74, 6) is 0.984. The van der Waals surface area contributed by atoms with E-state index >= 15 is 0 Å². The quantitative estimate of drug-likeness (QED) is 0.403. The van der Waals surface area contributed by atoms with E-state index in [4.69, 9.17) is 0 Å². The molecule has 0 aliphatic heterocycles. The lowest BCUT2D eigenvalue weighted by Crippen LogP contribution is -2.38. The van der Waals surface area contributed by atoms with Crippen molar-refractivity contribution in [3.05, 3.63) is 107 Å². The summed E-state index contributed by atoms with van der Waals surface area (Å²) in [7, 11) is 0. The van der Waals surface area contributed by atoms with Crippen LogP contribution in [0.5, 0.6) is 0 Å². The Hall–Kier alpha value is -3.20. The molecule has 0 radical (unpaired) electrons. The number of ketones is 1. The van der Waals surface area contributed by atoms with Gasteiger partial charge in [0, 0.05) is 34.9 Å². The summed E-state index contributed by atoms with van der Waals surface area (Å²) in [4.78, 5) is 26.3. The number of hydrogen-bond donors (Lipinski definition) is 1. The van der Waals surface area contributed by atoms with E-state index in [0.29, 0.717) is 17.0 Å². The minimum Gasteiger partial charge on any atom is -0.349 e. The van der Waals surface area contributed by atoms with E-state index in [2.05, 4.69) is 36.5 Å². The topological polar surface area (TPSA) is 46.2 Å². The highest BCUT2D eigenvalue weighted by Gasteiger charge is 2.55. The van der Waals surface area contributed by atoms with Gasteiger partial charge in [0.2, 0.25) is 0 Å². The Morgan fingerprint density at radius 2 is 1.21 bits per heavy atom. The second kappa shape index (κ2) is 9.97. The van der Waals surface area contributed by atoms with E-state index in [1.165, 1.54) is 43.2 Å². The van der Waals surface area contributed by atoms with Gasteiger partial charge < -0.3 is 5.32 Å². The molecule has 2 aliphatic carbocycles. The summed E-state index contributed by atoms with van der Waals surface area (Å²) >= 11 is 0. The van der Waals surface area contributed by atoms with Gasteiger partial charge in [0.1, 0.15) is 0 Å². The molecular formula is C31H33NO2. The summed E-state index contributed by atoms with van der Waals surface area (Å²) in [6.45, 7) is 2.12. The Labute approximate surface area is 202 Å². The lowest BCUT2D eigenvalue weighted by molar-refractivity contribution is 0.0916. The molecule has 3 aromatic carbocycles. The van der Waals surface area contributed by atoms with Crippen LogP contribution in [0.2, 0.25) is 0 Å². The SMILES string of the molecule is C[C@@H](NC(=O)c1ccc(C(=O)C2[C@H](c3ccccc3)[C@H]2c2ccccc2)cc1)C1CCCCC1. The van der Waals surface area contributed by atoms with Gasteiger partial charge in [-0.25, -0.2) is 0 Å². The second-order valence-corrected chi connectivity index (χ2v) is 10.0. The largest absolute Gasteiger partial charge is 0.349 e. The minimum absolute atomic E-state index is 0.0483. The van der Waals surface area contributed by atoms with Gasteiger partial charge in [0.15, 0.2) is 5.78 Å². The molecule has 0 heterocycles. The third-order valence-corrected chi connectivity index (χ3v) is 7.84. The van der Waals surface area contributed by atoms with Gasteiger partial charge in [-0.1, -0.05) is 92.1 Å². The van der Waals surface area contributed by atoms with Crippen LogP contribution < -0.4 is 5.32 Å². The van der Waals surface area contributed by atoms with E-state index < -0.39 is 0 Å². The number of carbonyl (C=O) groups is 2. The Morgan fingerprint density at radius 1 is 0.706 bits per heavy atom. The maximum absolute atomic E-state index is 13.5. The fourth-order valence-corrected chi connectivity index (χ4v) is 5.84.